The van der Waals surface area contributed by atoms with Crippen LogP contribution in [0, 0.1) is 0 Å². The van der Waals surface area contributed by atoms with Crippen molar-refractivity contribution in [2.24, 2.45) is 0 Å². The van der Waals surface area contributed by atoms with E-state index in [0.717, 1.165) is 50.7 Å². The molecule has 7 aromatic carbocycles. The van der Waals surface area contributed by atoms with Crippen molar-refractivity contribution in [2.75, 3.05) is 14.7 Å². The Hall–Kier alpha value is -7.33. The molecule has 0 bridgehead atoms. The molecule has 2 aromatic heterocycles. The zero-order valence-corrected chi connectivity index (χ0v) is 37.9. The molecule has 4 heterocycles. The normalized spacial score (nSPS) is 14.2. The van der Waals surface area contributed by atoms with E-state index in [9.17, 15) is 0 Å². The van der Waals surface area contributed by atoms with Crippen LogP contribution in [0.4, 0.5) is 51.2 Å². The first-order valence-electron chi connectivity index (χ1n) is 21.7. The highest BCUT2D eigenvalue weighted by Gasteiger charge is 2.41. The zero-order valence-electron chi connectivity index (χ0n) is 35.9. The van der Waals surface area contributed by atoms with Crippen molar-refractivity contribution in [3.8, 4) is 22.3 Å². The van der Waals surface area contributed by atoms with Gasteiger partial charge in [-0.05, 0) is 134 Å². The van der Waals surface area contributed by atoms with E-state index in [-0.39, 0.29) is 0 Å². The van der Waals surface area contributed by atoms with Crippen molar-refractivity contribution in [3.05, 3.63) is 213 Å². The summed E-state index contributed by atoms with van der Waals surface area (Å²) in [4.78, 5) is 16.0. The molecule has 0 fully saturated rings. The molecule has 304 valence electrons. The van der Waals surface area contributed by atoms with Crippen molar-refractivity contribution in [2.45, 2.75) is 26.2 Å². The van der Waals surface area contributed by atoms with Crippen LogP contribution in [-0.4, -0.2) is 26.1 Å². The van der Waals surface area contributed by atoms with Crippen molar-refractivity contribution >= 4 is 88.1 Å². The van der Waals surface area contributed by atoms with E-state index in [4.69, 9.17) is 0 Å². The molecule has 0 amide bonds. The molecule has 0 unspecified atom stereocenters. The molecule has 2 aliphatic rings. The van der Waals surface area contributed by atoms with Crippen LogP contribution >= 0.6 is 0 Å². The number of fused-ring (bicyclic) bond motifs is 4. The first-order valence-corrected chi connectivity index (χ1v) is 27.7. The largest absolute Gasteiger partial charge is 0.311 e. The molecule has 0 N–H and O–H groups in total. The van der Waals surface area contributed by atoms with Gasteiger partial charge in [-0.3, -0.25) is 9.97 Å². The Bertz CT molecular complexity index is 2820. The molecule has 0 radical (unpaired) electrons. The lowest BCUT2D eigenvalue weighted by Crippen LogP contribution is -2.58. The van der Waals surface area contributed by atoms with Gasteiger partial charge in [-0.1, -0.05) is 123 Å². The second kappa shape index (κ2) is 15.2. The molecular weight excluding hydrogens is 799 g/mol. The van der Waals surface area contributed by atoms with E-state index in [0.29, 0.717) is 0 Å². The molecule has 0 aliphatic carbocycles. The average molecular weight is 846 g/mol. The van der Waals surface area contributed by atoms with E-state index < -0.39 is 16.1 Å². The second-order valence-corrected chi connectivity index (χ2v) is 26.3. The third kappa shape index (κ3) is 6.51. The van der Waals surface area contributed by atoms with Gasteiger partial charge in [-0.2, -0.15) is 0 Å². The highest BCUT2D eigenvalue weighted by atomic mass is 28.3. The van der Waals surface area contributed by atoms with E-state index in [1.54, 1.807) is 0 Å². The number of benzene rings is 7. The third-order valence-corrected chi connectivity index (χ3v) is 20.3. The first-order chi connectivity index (χ1) is 30.8. The summed E-state index contributed by atoms with van der Waals surface area (Å²) in [5.41, 5.74) is 15.0. The predicted molar refractivity (Wildman–Crippen MR) is 270 cm³/mol. The zero-order chi connectivity index (χ0) is 42.7. The Morgan fingerprint density at radius 1 is 0.333 bits per heavy atom. The van der Waals surface area contributed by atoms with Crippen molar-refractivity contribution in [1.29, 1.82) is 0 Å². The summed E-state index contributed by atoms with van der Waals surface area (Å²) in [5.74, 6) is 0. The lowest BCUT2D eigenvalue weighted by molar-refractivity contribution is 1.22. The first kappa shape index (κ1) is 38.6. The molecule has 0 atom stereocenters. The summed E-state index contributed by atoms with van der Waals surface area (Å²) in [6.07, 6.45) is 7.42. The minimum absolute atomic E-state index is 1.06. The number of rotatable bonds is 7. The number of para-hydroxylation sites is 4. The standard InChI is InChI=1S/C56H47N5Si2/c1-62(2)53-17-9-5-13-49(53)60(50-14-6-10-18-54(50)62)47-37-46(38-48(39-47)61-51-15-7-11-19-55(51)63(3,4)56-20-12-8-16-52(56)61)59(44-25-21-40(22-26-44)42-29-33-57-34-30-42)45-27-23-41(24-28-45)43-31-35-58-36-32-43/h5-39H,1-4H3. The number of hydrogen-bond acceptors (Lipinski definition) is 5. The summed E-state index contributed by atoms with van der Waals surface area (Å²) < 4.78 is 0. The maximum atomic E-state index is 4.28. The number of anilines is 9. The SMILES string of the molecule is C[Si]1(C)c2ccccc2N(c2cc(N(c3ccc(-c4ccncc4)cc3)c3ccc(-c4ccncc4)cc3)cc(N3c4ccccc4[Si](C)(C)c4ccccc43)c2)c2ccccc21. The van der Waals surface area contributed by atoms with Gasteiger partial charge in [0.1, 0.15) is 16.1 Å². The summed E-state index contributed by atoms with van der Waals surface area (Å²) >= 11 is 0. The molecule has 5 nitrogen and oxygen atoms in total. The van der Waals surface area contributed by atoms with Gasteiger partial charge in [0.2, 0.25) is 0 Å². The Morgan fingerprint density at radius 2 is 0.635 bits per heavy atom. The van der Waals surface area contributed by atoms with E-state index in [2.05, 4.69) is 239 Å². The van der Waals surface area contributed by atoms with Gasteiger partial charge in [0.15, 0.2) is 0 Å². The molecular formula is C56H47N5Si2. The van der Waals surface area contributed by atoms with Crippen LogP contribution in [0.25, 0.3) is 22.3 Å². The molecule has 7 heteroatoms. The summed E-state index contributed by atoms with van der Waals surface area (Å²) in [7, 11) is -4.07. The fourth-order valence-electron chi connectivity index (χ4n) is 10.0. The maximum Gasteiger partial charge on any atom is 0.117 e. The Labute approximate surface area is 372 Å². The summed E-state index contributed by atoms with van der Waals surface area (Å²) in [5, 5.41) is 5.75. The van der Waals surface area contributed by atoms with Crippen molar-refractivity contribution < 1.29 is 0 Å². The number of pyridine rings is 2. The fourth-order valence-corrected chi connectivity index (χ4v) is 16.0. The number of nitrogens with zero attached hydrogens (tertiary/aromatic N) is 5. The Kier molecular flexibility index (Phi) is 9.33. The second-order valence-electron chi connectivity index (χ2n) is 17.6. The van der Waals surface area contributed by atoms with Crippen LogP contribution in [0.2, 0.25) is 26.2 Å². The van der Waals surface area contributed by atoms with Gasteiger partial charge < -0.3 is 14.7 Å². The summed E-state index contributed by atoms with van der Waals surface area (Å²) in [6.45, 7) is 9.96. The highest BCUT2D eigenvalue weighted by molar-refractivity contribution is 7.03. The van der Waals surface area contributed by atoms with E-state index >= 15 is 0 Å². The number of aromatic nitrogens is 2. The molecule has 0 spiro atoms. The average Bonchev–Trinajstić information content (AvgIpc) is 3.33. The monoisotopic (exact) mass is 845 g/mol. The van der Waals surface area contributed by atoms with E-state index in [1.165, 1.54) is 43.5 Å². The minimum atomic E-state index is -2.04. The quantitative estimate of drug-likeness (QED) is 0.149. The van der Waals surface area contributed by atoms with Crippen molar-refractivity contribution in [1.82, 2.24) is 9.97 Å². The fraction of sp³-hybridized carbons (Fsp3) is 0.0714. The molecule has 2 aliphatic heterocycles. The van der Waals surface area contributed by atoms with Crippen LogP contribution in [0.3, 0.4) is 0 Å². The number of hydrogen-bond donors (Lipinski definition) is 0. The smallest absolute Gasteiger partial charge is 0.117 e. The topological polar surface area (TPSA) is 35.5 Å². The van der Waals surface area contributed by atoms with Crippen LogP contribution in [0.5, 0.6) is 0 Å². The maximum absolute atomic E-state index is 4.28. The van der Waals surface area contributed by atoms with Crippen molar-refractivity contribution in [3.63, 3.8) is 0 Å². The van der Waals surface area contributed by atoms with Gasteiger partial charge in [-0.25, -0.2) is 0 Å². The van der Waals surface area contributed by atoms with Crippen LogP contribution in [0.15, 0.2) is 213 Å². The molecule has 0 saturated heterocycles. The lowest BCUT2D eigenvalue weighted by atomic mass is 10.0. The van der Waals surface area contributed by atoms with Crippen LogP contribution < -0.4 is 35.4 Å². The van der Waals surface area contributed by atoms with Gasteiger partial charge in [0.25, 0.3) is 0 Å². The Morgan fingerprint density at radius 3 is 0.968 bits per heavy atom. The molecule has 0 saturated carbocycles. The Balaban J connectivity index is 1.18. The molecule has 11 rings (SSSR count). The lowest BCUT2D eigenvalue weighted by Gasteiger charge is -2.43. The highest BCUT2D eigenvalue weighted by Crippen LogP contribution is 2.48. The van der Waals surface area contributed by atoms with Gasteiger partial charge >= 0.3 is 0 Å². The summed E-state index contributed by atoms with van der Waals surface area (Å²) in [6, 6.07) is 69.7. The molecule has 9 aromatic rings. The van der Waals surface area contributed by atoms with Gasteiger partial charge in [-0.15, -0.1) is 0 Å². The van der Waals surface area contributed by atoms with E-state index in [1.807, 2.05) is 24.8 Å². The van der Waals surface area contributed by atoms with Crippen LogP contribution in [-0.2, 0) is 0 Å². The predicted octanol–water partition coefficient (Wildman–Crippen LogP) is 12.5. The van der Waals surface area contributed by atoms with Gasteiger partial charge in [0, 0.05) is 58.9 Å². The van der Waals surface area contributed by atoms with Crippen LogP contribution in [0.1, 0.15) is 0 Å². The molecule has 63 heavy (non-hydrogen) atoms. The third-order valence-electron chi connectivity index (χ3n) is 13.2. The minimum Gasteiger partial charge on any atom is -0.311 e. The van der Waals surface area contributed by atoms with Gasteiger partial charge in [0.05, 0.1) is 17.1 Å².